The highest BCUT2D eigenvalue weighted by Crippen LogP contribution is 2.23. The quantitative estimate of drug-likeness (QED) is 0.434. The van der Waals surface area contributed by atoms with Gasteiger partial charge in [0.15, 0.2) is 11.6 Å². The van der Waals surface area contributed by atoms with Crippen LogP contribution < -0.4 is 11.3 Å². The molecule has 0 bridgehead atoms. The van der Waals surface area contributed by atoms with Crippen LogP contribution in [0.2, 0.25) is 0 Å². The van der Waals surface area contributed by atoms with E-state index in [0.29, 0.717) is 10.2 Å². The second kappa shape index (κ2) is 3.15. The van der Waals surface area contributed by atoms with E-state index >= 15 is 0 Å². The molecule has 0 spiro atoms. The molecular formula is C6H5BrF2N2. The molecule has 0 aromatic heterocycles. The molecule has 2 nitrogen and oxygen atoms in total. The summed E-state index contributed by atoms with van der Waals surface area (Å²) in [5.74, 6) is 3.16. The van der Waals surface area contributed by atoms with Crippen LogP contribution in [0.3, 0.4) is 0 Å². The van der Waals surface area contributed by atoms with E-state index in [2.05, 4.69) is 21.4 Å². The molecule has 11 heavy (non-hydrogen) atoms. The second-order valence-corrected chi connectivity index (χ2v) is 2.74. The Labute approximate surface area is 70.5 Å². The number of hydrazine groups is 1. The highest BCUT2D eigenvalue weighted by atomic mass is 79.9. The van der Waals surface area contributed by atoms with E-state index < -0.39 is 11.6 Å². The second-order valence-electron chi connectivity index (χ2n) is 1.89. The zero-order chi connectivity index (χ0) is 8.43. The van der Waals surface area contributed by atoms with Crippen molar-refractivity contribution in [3.05, 3.63) is 28.2 Å². The third-order valence-corrected chi connectivity index (χ3v) is 1.82. The van der Waals surface area contributed by atoms with Gasteiger partial charge in [-0.1, -0.05) is 0 Å². The van der Waals surface area contributed by atoms with Crippen LogP contribution in [0.4, 0.5) is 14.5 Å². The van der Waals surface area contributed by atoms with Crippen LogP contribution in [0.1, 0.15) is 0 Å². The highest BCUT2D eigenvalue weighted by molar-refractivity contribution is 9.10. The summed E-state index contributed by atoms with van der Waals surface area (Å²) in [7, 11) is 0. The summed E-state index contributed by atoms with van der Waals surface area (Å²) in [6.07, 6.45) is 0. The maximum atomic E-state index is 12.5. The summed E-state index contributed by atoms with van der Waals surface area (Å²) >= 11 is 2.99. The van der Waals surface area contributed by atoms with Gasteiger partial charge in [0.25, 0.3) is 0 Å². The van der Waals surface area contributed by atoms with Crippen molar-refractivity contribution in [1.29, 1.82) is 0 Å². The van der Waals surface area contributed by atoms with Gasteiger partial charge in [0, 0.05) is 10.5 Å². The van der Waals surface area contributed by atoms with E-state index in [4.69, 9.17) is 5.84 Å². The number of hydrogen-bond donors (Lipinski definition) is 2. The first-order valence-corrected chi connectivity index (χ1v) is 3.55. The van der Waals surface area contributed by atoms with Gasteiger partial charge in [-0.2, -0.15) is 0 Å². The summed E-state index contributed by atoms with van der Waals surface area (Å²) in [6.45, 7) is 0. The van der Waals surface area contributed by atoms with Gasteiger partial charge in [-0.15, -0.1) is 0 Å². The minimum atomic E-state index is -0.929. The van der Waals surface area contributed by atoms with Crippen LogP contribution in [0.5, 0.6) is 0 Å². The molecule has 0 atom stereocenters. The fourth-order valence-electron chi connectivity index (χ4n) is 0.633. The molecule has 0 saturated carbocycles. The predicted octanol–water partition coefficient (Wildman–Crippen LogP) is 2.01. The molecule has 0 fully saturated rings. The van der Waals surface area contributed by atoms with Crippen LogP contribution in [-0.2, 0) is 0 Å². The Morgan fingerprint density at radius 3 is 2.36 bits per heavy atom. The molecule has 1 aromatic carbocycles. The van der Waals surface area contributed by atoms with Crippen molar-refractivity contribution in [2.75, 3.05) is 5.43 Å². The van der Waals surface area contributed by atoms with Crippen LogP contribution in [0, 0.1) is 11.6 Å². The Morgan fingerprint density at radius 1 is 1.27 bits per heavy atom. The summed E-state index contributed by atoms with van der Waals surface area (Å²) in [5.41, 5.74) is 2.52. The first-order chi connectivity index (χ1) is 5.15. The van der Waals surface area contributed by atoms with Gasteiger partial charge in [0.2, 0.25) is 0 Å². The SMILES string of the molecule is NNc1cc(F)c(F)cc1Br. The monoisotopic (exact) mass is 222 g/mol. The van der Waals surface area contributed by atoms with E-state index in [1.807, 2.05) is 0 Å². The van der Waals surface area contributed by atoms with E-state index in [9.17, 15) is 8.78 Å². The Bertz CT molecular complexity index is 278. The Morgan fingerprint density at radius 2 is 1.82 bits per heavy atom. The van der Waals surface area contributed by atoms with Crippen molar-refractivity contribution in [3.8, 4) is 0 Å². The third kappa shape index (κ3) is 1.66. The van der Waals surface area contributed by atoms with E-state index in [-0.39, 0.29) is 0 Å². The maximum absolute atomic E-state index is 12.5. The Hall–Kier alpha value is -0.680. The largest absolute Gasteiger partial charge is 0.323 e. The van der Waals surface area contributed by atoms with Gasteiger partial charge in [0.05, 0.1) is 5.69 Å². The molecule has 5 heteroatoms. The molecule has 1 rings (SSSR count). The van der Waals surface area contributed by atoms with Crippen LogP contribution in [-0.4, -0.2) is 0 Å². The molecule has 0 aliphatic carbocycles. The third-order valence-electron chi connectivity index (χ3n) is 1.17. The Balaban J connectivity index is 3.21. The van der Waals surface area contributed by atoms with E-state index in [1.54, 1.807) is 0 Å². The van der Waals surface area contributed by atoms with Crippen molar-refractivity contribution >= 4 is 21.6 Å². The molecule has 0 aliphatic heterocycles. The fourth-order valence-corrected chi connectivity index (χ4v) is 1.06. The lowest BCUT2D eigenvalue weighted by Crippen LogP contribution is -2.07. The number of nitrogens with two attached hydrogens (primary N) is 1. The summed E-state index contributed by atoms with van der Waals surface area (Å²) in [5, 5.41) is 0. The smallest absolute Gasteiger partial charge is 0.161 e. The minimum Gasteiger partial charge on any atom is -0.323 e. The van der Waals surface area contributed by atoms with Gasteiger partial charge in [0.1, 0.15) is 0 Å². The normalized spacial score (nSPS) is 9.82. The molecule has 0 aliphatic rings. The van der Waals surface area contributed by atoms with Crippen molar-refractivity contribution < 1.29 is 8.78 Å². The van der Waals surface area contributed by atoms with Gasteiger partial charge in [-0.05, 0) is 22.0 Å². The Kier molecular flexibility index (Phi) is 2.41. The number of rotatable bonds is 1. The van der Waals surface area contributed by atoms with Crippen molar-refractivity contribution in [2.24, 2.45) is 5.84 Å². The summed E-state index contributed by atoms with van der Waals surface area (Å²) < 4.78 is 25.3. The minimum absolute atomic E-state index is 0.309. The zero-order valence-corrected chi connectivity index (χ0v) is 6.95. The molecule has 0 saturated heterocycles. The van der Waals surface area contributed by atoms with Gasteiger partial charge < -0.3 is 5.43 Å². The van der Waals surface area contributed by atoms with Gasteiger partial charge in [-0.25, -0.2) is 8.78 Å². The average Bonchev–Trinajstić information content (AvgIpc) is 1.97. The van der Waals surface area contributed by atoms with Crippen molar-refractivity contribution in [2.45, 2.75) is 0 Å². The topological polar surface area (TPSA) is 38.0 Å². The lowest BCUT2D eigenvalue weighted by Gasteiger charge is -2.02. The van der Waals surface area contributed by atoms with E-state index in [0.717, 1.165) is 12.1 Å². The molecule has 1 aromatic rings. The van der Waals surface area contributed by atoms with Gasteiger partial charge >= 0.3 is 0 Å². The zero-order valence-electron chi connectivity index (χ0n) is 5.37. The standard InChI is InChI=1S/C6H5BrF2N2/c7-3-1-4(8)5(9)2-6(3)11-10/h1-2,11H,10H2. The maximum Gasteiger partial charge on any atom is 0.161 e. The lowest BCUT2D eigenvalue weighted by molar-refractivity contribution is 0.508. The van der Waals surface area contributed by atoms with Crippen molar-refractivity contribution in [1.82, 2.24) is 0 Å². The molecule has 60 valence electrons. The highest BCUT2D eigenvalue weighted by Gasteiger charge is 2.05. The van der Waals surface area contributed by atoms with Crippen LogP contribution in [0.15, 0.2) is 16.6 Å². The average molecular weight is 223 g/mol. The first-order valence-electron chi connectivity index (χ1n) is 2.76. The van der Waals surface area contributed by atoms with Crippen LogP contribution in [0.25, 0.3) is 0 Å². The summed E-state index contributed by atoms with van der Waals surface area (Å²) in [6, 6.07) is 1.98. The number of hydrogen-bond acceptors (Lipinski definition) is 2. The predicted molar refractivity (Wildman–Crippen MR) is 41.9 cm³/mol. The number of benzene rings is 1. The fraction of sp³-hybridized carbons (Fsp3) is 0. The summed E-state index contributed by atoms with van der Waals surface area (Å²) in [4.78, 5) is 0. The number of nitrogen functional groups attached to an aromatic ring is 1. The first kappa shape index (κ1) is 8.42. The van der Waals surface area contributed by atoms with Crippen LogP contribution >= 0.6 is 15.9 Å². The molecule has 0 radical (unpaired) electrons. The number of anilines is 1. The molecule has 3 N–H and O–H groups in total. The van der Waals surface area contributed by atoms with Crippen molar-refractivity contribution in [3.63, 3.8) is 0 Å². The molecule has 0 amide bonds. The van der Waals surface area contributed by atoms with E-state index in [1.165, 1.54) is 0 Å². The lowest BCUT2D eigenvalue weighted by atomic mass is 10.3. The number of halogens is 3. The van der Waals surface area contributed by atoms with Gasteiger partial charge in [-0.3, -0.25) is 5.84 Å². The number of nitrogens with one attached hydrogen (secondary N) is 1. The molecule has 0 unspecified atom stereocenters. The molecule has 0 heterocycles. The molecular weight excluding hydrogens is 218 g/mol.